The van der Waals surface area contributed by atoms with Crippen molar-refractivity contribution in [2.24, 2.45) is 9.98 Å². The molecule has 0 heterocycles. The van der Waals surface area contributed by atoms with Gasteiger partial charge in [0.1, 0.15) is 28.9 Å². The number of para-hydroxylation sites is 1. The van der Waals surface area contributed by atoms with Gasteiger partial charge in [-0.15, -0.1) is 0 Å². The fourth-order valence-corrected chi connectivity index (χ4v) is 1.90. The van der Waals surface area contributed by atoms with E-state index in [4.69, 9.17) is 4.74 Å². The lowest BCUT2D eigenvalue weighted by Crippen LogP contribution is -2.04. The highest BCUT2D eigenvalue weighted by molar-refractivity contribution is 5.69. The van der Waals surface area contributed by atoms with Crippen LogP contribution in [0, 0.1) is 5.82 Å². The molecule has 2 rings (SSSR count). The average Bonchev–Trinajstić information content (AvgIpc) is 2.55. The van der Waals surface area contributed by atoms with Gasteiger partial charge >= 0.3 is 6.18 Å². The summed E-state index contributed by atoms with van der Waals surface area (Å²) in [6, 6.07) is 9.28. The number of nitrogens with zero attached hydrogens (tertiary/aromatic N) is 2. The predicted molar refractivity (Wildman–Crippen MR) is 83.7 cm³/mol. The van der Waals surface area contributed by atoms with Gasteiger partial charge in [0.15, 0.2) is 0 Å². The molecule has 0 radical (unpaired) electrons. The molecule has 2 aromatic carbocycles. The largest absolute Gasteiger partial charge is 0.494 e. The van der Waals surface area contributed by atoms with Gasteiger partial charge in [-0.3, -0.25) is 0 Å². The summed E-state index contributed by atoms with van der Waals surface area (Å²) >= 11 is 0. The molecule has 0 bridgehead atoms. The Balaban J connectivity index is 2.47. The minimum Gasteiger partial charge on any atom is -0.494 e. The second-order valence-electron chi connectivity index (χ2n) is 4.59. The molecule has 0 aliphatic heterocycles. The number of alkyl halides is 3. The molecule has 7 heteroatoms. The number of aliphatic imine (C=N–C) groups is 2. The number of methoxy groups -OCH3 is 1. The second kappa shape index (κ2) is 7.10. The highest BCUT2D eigenvalue weighted by atomic mass is 19.4. The third kappa shape index (κ3) is 3.88. The van der Waals surface area contributed by atoms with E-state index in [2.05, 4.69) is 22.6 Å². The Labute approximate surface area is 135 Å². The minimum absolute atomic E-state index is 0.0535. The summed E-state index contributed by atoms with van der Waals surface area (Å²) in [5.74, 6) is -0.505. The number of hydrogen-bond donors (Lipinski definition) is 0. The summed E-state index contributed by atoms with van der Waals surface area (Å²) in [5.41, 5.74) is -0.648. The molecule has 0 aromatic heterocycles. The van der Waals surface area contributed by atoms with Crippen molar-refractivity contribution < 1.29 is 22.3 Å². The zero-order chi connectivity index (χ0) is 17.7. The third-order valence-electron chi connectivity index (χ3n) is 3.08. The van der Waals surface area contributed by atoms with E-state index in [0.29, 0.717) is 5.56 Å². The summed E-state index contributed by atoms with van der Waals surface area (Å²) in [7, 11) is 1.30. The number of halogens is 4. The van der Waals surface area contributed by atoms with Gasteiger partial charge in [0, 0.05) is 5.56 Å². The van der Waals surface area contributed by atoms with E-state index in [9.17, 15) is 17.6 Å². The Morgan fingerprint density at radius 2 is 1.92 bits per heavy atom. The van der Waals surface area contributed by atoms with E-state index in [1.54, 1.807) is 6.07 Å². The lowest BCUT2D eigenvalue weighted by molar-refractivity contribution is -0.137. The van der Waals surface area contributed by atoms with Gasteiger partial charge in [0.05, 0.1) is 12.7 Å². The molecule has 0 atom stereocenters. The Hall–Kier alpha value is -2.92. The third-order valence-corrected chi connectivity index (χ3v) is 3.08. The van der Waals surface area contributed by atoms with E-state index < -0.39 is 17.6 Å². The van der Waals surface area contributed by atoms with Crippen molar-refractivity contribution in [3.8, 4) is 5.75 Å². The van der Waals surface area contributed by atoms with Crippen LogP contribution in [0.3, 0.4) is 0 Å². The number of rotatable bonds is 4. The van der Waals surface area contributed by atoms with E-state index in [1.165, 1.54) is 25.3 Å². The Kier molecular flexibility index (Phi) is 5.16. The molecule has 0 unspecified atom stereocenters. The molecule has 0 aliphatic rings. The van der Waals surface area contributed by atoms with Crippen molar-refractivity contribution in [1.29, 1.82) is 0 Å². The van der Waals surface area contributed by atoms with Crippen LogP contribution >= 0.6 is 0 Å². The molecular weight excluding hydrogens is 324 g/mol. The van der Waals surface area contributed by atoms with Crippen molar-refractivity contribution in [1.82, 2.24) is 0 Å². The van der Waals surface area contributed by atoms with Gasteiger partial charge < -0.3 is 4.74 Å². The van der Waals surface area contributed by atoms with Crippen molar-refractivity contribution in [3.63, 3.8) is 0 Å². The Bertz CT molecular complexity index is 822. The highest BCUT2D eigenvalue weighted by Gasteiger charge is 2.31. The highest BCUT2D eigenvalue weighted by Crippen LogP contribution is 2.36. The van der Waals surface area contributed by atoms with E-state index in [-0.39, 0.29) is 17.1 Å². The van der Waals surface area contributed by atoms with E-state index >= 15 is 0 Å². The minimum atomic E-state index is -4.52. The smallest absolute Gasteiger partial charge is 0.416 e. The van der Waals surface area contributed by atoms with Crippen LogP contribution in [0.15, 0.2) is 53.0 Å². The number of ether oxygens (including phenoxy) is 1. The van der Waals surface area contributed by atoms with Crippen molar-refractivity contribution in [2.75, 3.05) is 7.11 Å². The van der Waals surface area contributed by atoms with Gasteiger partial charge in [0.25, 0.3) is 0 Å². The topological polar surface area (TPSA) is 34.0 Å². The first-order valence-electron chi connectivity index (χ1n) is 6.69. The summed E-state index contributed by atoms with van der Waals surface area (Å²) in [6.07, 6.45) is -3.12. The van der Waals surface area contributed by atoms with Crippen molar-refractivity contribution >= 4 is 23.5 Å². The van der Waals surface area contributed by atoms with Gasteiger partial charge in [0.2, 0.25) is 0 Å². The normalized spacial score (nSPS) is 10.7. The predicted octanol–water partition coefficient (Wildman–Crippen LogP) is 5.63. The molecule has 0 spiro atoms. The van der Waals surface area contributed by atoms with Crippen molar-refractivity contribution in [3.05, 3.63) is 59.9 Å². The maximum absolute atomic E-state index is 13.7. The van der Waals surface area contributed by atoms with Crippen LogP contribution in [-0.2, 0) is 6.18 Å². The van der Waals surface area contributed by atoms with E-state index in [0.717, 1.165) is 18.2 Å². The molecule has 2 aromatic rings. The molecule has 0 saturated carbocycles. The van der Waals surface area contributed by atoms with Crippen LogP contribution in [0.25, 0.3) is 6.08 Å². The summed E-state index contributed by atoms with van der Waals surface area (Å²) in [4.78, 5) is 7.46. The van der Waals surface area contributed by atoms with Crippen LogP contribution in [-0.4, -0.2) is 13.1 Å². The lowest BCUT2D eigenvalue weighted by Gasteiger charge is -2.09. The standard InChI is InChI=1S/C17H12F4N2O/c1-3-11-5-4-6-13(18)16(11)23-10-22-14-9-12(17(19,20)21)7-8-15(14)24-2/h3-9H,1H2,2H3. The Morgan fingerprint density at radius 1 is 1.17 bits per heavy atom. The molecule has 124 valence electrons. The van der Waals surface area contributed by atoms with Crippen LogP contribution in [0.1, 0.15) is 11.1 Å². The quantitative estimate of drug-likeness (QED) is 0.526. The first-order valence-corrected chi connectivity index (χ1v) is 6.69. The Morgan fingerprint density at radius 3 is 2.54 bits per heavy atom. The molecule has 0 aliphatic carbocycles. The molecule has 0 fully saturated rings. The molecule has 0 saturated heterocycles. The zero-order valence-electron chi connectivity index (χ0n) is 12.6. The number of benzene rings is 2. The maximum atomic E-state index is 13.7. The SMILES string of the molecule is C=Cc1cccc(F)c1N=C=Nc1cc(C(F)(F)F)ccc1OC. The average molecular weight is 336 g/mol. The molecule has 3 nitrogen and oxygen atoms in total. The summed E-state index contributed by atoms with van der Waals surface area (Å²) in [5, 5.41) is 0. The zero-order valence-corrected chi connectivity index (χ0v) is 12.6. The van der Waals surface area contributed by atoms with Crippen LogP contribution in [0.4, 0.5) is 28.9 Å². The maximum Gasteiger partial charge on any atom is 0.416 e. The van der Waals surface area contributed by atoms with Gasteiger partial charge in [-0.05, 0) is 24.3 Å². The van der Waals surface area contributed by atoms with Crippen molar-refractivity contribution in [2.45, 2.75) is 6.18 Å². The van der Waals surface area contributed by atoms with Crippen LogP contribution in [0.2, 0.25) is 0 Å². The molecule has 24 heavy (non-hydrogen) atoms. The first kappa shape index (κ1) is 17.4. The van der Waals surface area contributed by atoms with Crippen LogP contribution < -0.4 is 4.74 Å². The first-order chi connectivity index (χ1) is 11.4. The second-order valence-corrected chi connectivity index (χ2v) is 4.59. The van der Waals surface area contributed by atoms with Gasteiger partial charge in [-0.1, -0.05) is 24.8 Å². The van der Waals surface area contributed by atoms with Gasteiger partial charge in [-0.2, -0.15) is 23.2 Å². The number of hydrogen-bond acceptors (Lipinski definition) is 3. The van der Waals surface area contributed by atoms with E-state index in [1.807, 2.05) is 0 Å². The van der Waals surface area contributed by atoms with Gasteiger partial charge in [-0.25, -0.2) is 4.39 Å². The fraction of sp³-hybridized carbons (Fsp3) is 0.118. The molecule has 0 amide bonds. The summed E-state index contributed by atoms with van der Waals surface area (Å²) in [6.45, 7) is 3.53. The fourth-order valence-electron chi connectivity index (χ4n) is 1.90. The molecule has 0 N–H and O–H groups in total. The molecular formula is C17H12F4N2O. The summed E-state index contributed by atoms with van der Waals surface area (Å²) < 4.78 is 56.9. The monoisotopic (exact) mass is 336 g/mol. The lowest BCUT2D eigenvalue weighted by atomic mass is 10.2. The van der Waals surface area contributed by atoms with Crippen LogP contribution in [0.5, 0.6) is 5.75 Å².